The van der Waals surface area contributed by atoms with Gasteiger partial charge in [-0.3, -0.25) is 18.5 Å². The van der Waals surface area contributed by atoms with E-state index < -0.39 is 17.4 Å². The standard InChI is InChI=1S/C22H28BrN5O5/c1-3-26-20(31)18-19(27(9-10-29)22(26)32)25-21(24-15-5-4-6-16(15)30)28(18)12-13-7-8-17(33-2)14(23)11-13/h7-8,11,15-16,29-30H,3-6,9-10,12H2,1-2H3,(H,24,25). The highest BCUT2D eigenvalue weighted by Gasteiger charge is 2.28. The molecule has 0 aliphatic heterocycles. The zero-order chi connectivity index (χ0) is 23.7. The number of anilines is 1. The van der Waals surface area contributed by atoms with E-state index in [1.165, 1.54) is 4.57 Å². The van der Waals surface area contributed by atoms with Crippen LogP contribution in [-0.2, 0) is 19.6 Å². The molecule has 0 radical (unpaired) electrons. The molecule has 1 aliphatic carbocycles. The summed E-state index contributed by atoms with van der Waals surface area (Å²) in [5.74, 6) is 1.09. The monoisotopic (exact) mass is 521 g/mol. The molecular weight excluding hydrogens is 494 g/mol. The molecule has 0 saturated heterocycles. The number of hydrogen-bond acceptors (Lipinski definition) is 7. The number of hydrogen-bond donors (Lipinski definition) is 3. The second-order valence-corrected chi connectivity index (χ2v) is 8.97. The first-order chi connectivity index (χ1) is 15.9. The van der Waals surface area contributed by atoms with Crippen LogP contribution in [0.2, 0.25) is 0 Å². The van der Waals surface area contributed by atoms with Gasteiger partial charge in [-0.25, -0.2) is 4.79 Å². The van der Waals surface area contributed by atoms with Gasteiger partial charge in [-0.1, -0.05) is 6.07 Å². The molecule has 4 rings (SSSR count). The van der Waals surface area contributed by atoms with Gasteiger partial charge in [0.15, 0.2) is 11.2 Å². The normalized spacial score (nSPS) is 18.2. The van der Waals surface area contributed by atoms with Crippen molar-refractivity contribution in [3.8, 4) is 5.75 Å². The predicted octanol–water partition coefficient (Wildman–Crippen LogP) is 1.52. The van der Waals surface area contributed by atoms with Gasteiger partial charge in [-0.05, 0) is 59.8 Å². The van der Waals surface area contributed by atoms with Gasteiger partial charge in [-0.2, -0.15) is 4.98 Å². The van der Waals surface area contributed by atoms with E-state index in [1.54, 1.807) is 18.6 Å². The number of imidazole rings is 1. The smallest absolute Gasteiger partial charge is 0.332 e. The van der Waals surface area contributed by atoms with Gasteiger partial charge < -0.3 is 20.3 Å². The third-order valence-corrected chi connectivity index (χ3v) is 6.72. The van der Waals surface area contributed by atoms with E-state index in [0.29, 0.717) is 24.7 Å². The zero-order valence-electron chi connectivity index (χ0n) is 18.6. The molecule has 2 unspecified atom stereocenters. The summed E-state index contributed by atoms with van der Waals surface area (Å²) < 4.78 is 10.3. The van der Waals surface area contributed by atoms with Crippen molar-refractivity contribution in [1.29, 1.82) is 0 Å². The average molecular weight is 522 g/mol. The summed E-state index contributed by atoms with van der Waals surface area (Å²) in [7, 11) is 1.59. The molecule has 3 N–H and O–H groups in total. The first kappa shape index (κ1) is 23.5. The van der Waals surface area contributed by atoms with Gasteiger partial charge in [0.2, 0.25) is 5.95 Å². The average Bonchev–Trinajstić information content (AvgIpc) is 3.35. The van der Waals surface area contributed by atoms with Gasteiger partial charge >= 0.3 is 5.69 Å². The largest absolute Gasteiger partial charge is 0.496 e. The Labute approximate surface area is 198 Å². The van der Waals surface area contributed by atoms with E-state index in [4.69, 9.17) is 4.74 Å². The molecule has 0 bridgehead atoms. The number of benzene rings is 1. The van der Waals surface area contributed by atoms with Crippen LogP contribution < -0.4 is 21.3 Å². The number of aromatic nitrogens is 4. The highest BCUT2D eigenvalue weighted by atomic mass is 79.9. The minimum Gasteiger partial charge on any atom is -0.496 e. The molecule has 1 aromatic carbocycles. The second-order valence-electron chi connectivity index (χ2n) is 8.12. The van der Waals surface area contributed by atoms with E-state index >= 15 is 0 Å². The molecule has 2 atom stereocenters. The topological polar surface area (TPSA) is 124 Å². The van der Waals surface area contributed by atoms with Crippen LogP contribution in [0.15, 0.2) is 32.3 Å². The van der Waals surface area contributed by atoms with Crippen molar-refractivity contribution in [2.24, 2.45) is 0 Å². The molecular formula is C22H28BrN5O5. The lowest BCUT2D eigenvalue weighted by molar-refractivity contribution is 0.171. The van der Waals surface area contributed by atoms with E-state index in [1.807, 2.05) is 18.2 Å². The number of aliphatic hydroxyl groups excluding tert-OH is 2. The SMILES string of the molecule is CCn1c(=O)c2c(nc(NC3CCCC3O)n2Cc2ccc(OC)c(Br)c2)n(CCO)c1=O. The van der Waals surface area contributed by atoms with Gasteiger partial charge in [0.1, 0.15) is 5.75 Å². The van der Waals surface area contributed by atoms with Crippen LogP contribution in [-0.4, -0.2) is 54.8 Å². The number of aliphatic hydroxyl groups is 2. The van der Waals surface area contributed by atoms with Crippen LogP contribution >= 0.6 is 15.9 Å². The van der Waals surface area contributed by atoms with Gasteiger partial charge in [0, 0.05) is 6.54 Å². The number of nitrogens with one attached hydrogen (secondary N) is 1. The number of halogens is 1. The molecule has 0 amide bonds. The highest BCUT2D eigenvalue weighted by Crippen LogP contribution is 2.28. The summed E-state index contributed by atoms with van der Waals surface area (Å²) in [6, 6.07) is 5.43. The Balaban J connectivity index is 1.93. The second kappa shape index (κ2) is 9.70. The van der Waals surface area contributed by atoms with Crippen molar-refractivity contribution in [2.75, 3.05) is 19.0 Å². The van der Waals surface area contributed by atoms with Crippen molar-refractivity contribution in [2.45, 2.75) is 58.0 Å². The lowest BCUT2D eigenvalue weighted by Crippen LogP contribution is -2.40. The van der Waals surface area contributed by atoms with Crippen LogP contribution in [0.3, 0.4) is 0 Å². The Kier molecular flexibility index (Phi) is 6.91. The maximum Gasteiger partial charge on any atom is 0.332 e. The lowest BCUT2D eigenvalue weighted by atomic mass is 10.2. The first-order valence-electron chi connectivity index (χ1n) is 11.0. The fourth-order valence-electron chi connectivity index (χ4n) is 4.40. The predicted molar refractivity (Wildman–Crippen MR) is 128 cm³/mol. The molecule has 1 saturated carbocycles. The van der Waals surface area contributed by atoms with Crippen molar-refractivity contribution in [3.05, 3.63) is 49.1 Å². The molecule has 2 heterocycles. The number of methoxy groups -OCH3 is 1. The van der Waals surface area contributed by atoms with E-state index in [-0.39, 0.29) is 36.9 Å². The van der Waals surface area contributed by atoms with Crippen LogP contribution in [0, 0.1) is 0 Å². The Morgan fingerprint density at radius 1 is 1.24 bits per heavy atom. The number of rotatable bonds is 8. The maximum absolute atomic E-state index is 13.3. The number of ether oxygens (including phenoxy) is 1. The van der Waals surface area contributed by atoms with Crippen molar-refractivity contribution in [1.82, 2.24) is 18.7 Å². The summed E-state index contributed by atoms with van der Waals surface area (Å²) in [6.07, 6.45) is 1.85. The Hall–Kier alpha value is -2.63. The van der Waals surface area contributed by atoms with Crippen molar-refractivity contribution >= 4 is 33.0 Å². The Morgan fingerprint density at radius 2 is 2.03 bits per heavy atom. The van der Waals surface area contributed by atoms with Crippen LogP contribution in [0.25, 0.3) is 11.2 Å². The van der Waals surface area contributed by atoms with E-state index in [2.05, 4.69) is 26.2 Å². The Morgan fingerprint density at radius 3 is 2.64 bits per heavy atom. The van der Waals surface area contributed by atoms with Crippen molar-refractivity contribution in [3.63, 3.8) is 0 Å². The summed E-state index contributed by atoms with van der Waals surface area (Å²) in [4.78, 5) is 30.9. The lowest BCUT2D eigenvalue weighted by Gasteiger charge is -2.18. The van der Waals surface area contributed by atoms with Gasteiger partial charge in [0.25, 0.3) is 5.56 Å². The summed E-state index contributed by atoms with van der Waals surface area (Å²) in [5.41, 5.74) is 0.428. The van der Waals surface area contributed by atoms with Crippen LogP contribution in [0.4, 0.5) is 5.95 Å². The fraction of sp³-hybridized carbons (Fsp3) is 0.500. The first-order valence-corrected chi connectivity index (χ1v) is 11.8. The van der Waals surface area contributed by atoms with E-state index in [9.17, 15) is 19.8 Å². The fourth-order valence-corrected chi connectivity index (χ4v) is 4.99. The third kappa shape index (κ3) is 4.32. The molecule has 2 aromatic heterocycles. The van der Waals surface area contributed by atoms with Crippen LogP contribution in [0.1, 0.15) is 31.7 Å². The molecule has 0 spiro atoms. The Bertz CT molecular complexity index is 1280. The minimum atomic E-state index is -0.514. The van der Waals surface area contributed by atoms with Crippen molar-refractivity contribution < 1.29 is 14.9 Å². The molecule has 11 heteroatoms. The molecule has 1 aliphatic rings. The summed E-state index contributed by atoms with van der Waals surface area (Å²) >= 11 is 3.50. The zero-order valence-corrected chi connectivity index (χ0v) is 20.2. The summed E-state index contributed by atoms with van der Waals surface area (Å²) in [5, 5.41) is 23.2. The maximum atomic E-state index is 13.3. The summed E-state index contributed by atoms with van der Waals surface area (Å²) in [6.45, 7) is 1.99. The number of fused-ring (bicyclic) bond motifs is 1. The minimum absolute atomic E-state index is 0.0200. The molecule has 3 aromatic rings. The van der Waals surface area contributed by atoms with Crippen LogP contribution in [0.5, 0.6) is 5.75 Å². The quantitative estimate of drug-likeness (QED) is 0.410. The third-order valence-electron chi connectivity index (χ3n) is 6.11. The molecule has 33 heavy (non-hydrogen) atoms. The number of nitrogens with zero attached hydrogens (tertiary/aromatic N) is 4. The van der Waals surface area contributed by atoms with Gasteiger partial charge in [0.05, 0.1) is 43.4 Å². The van der Waals surface area contributed by atoms with E-state index in [0.717, 1.165) is 27.4 Å². The highest BCUT2D eigenvalue weighted by molar-refractivity contribution is 9.10. The molecule has 178 valence electrons. The molecule has 10 nitrogen and oxygen atoms in total. The molecule has 1 fully saturated rings. The van der Waals surface area contributed by atoms with Gasteiger partial charge in [-0.15, -0.1) is 0 Å².